The van der Waals surface area contributed by atoms with Gasteiger partial charge in [-0.25, -0.2) is 13.4 Å². The van der Waals surface area contributed by atoms with Gasteiger partial charge in [0.1, 0.15) is 5.82 Å². The summed E-state index contributed by atoms with van der Waals surface area (Å²) < 4.78 is 65.3. The molecule has 174 valence electrons. The van der Waals surface area contributed by atoms with Crippen LogP contribution >= 0.6 is 0 Å². The van der Waals surface area contributed by atoms with Crippen LogP contribution in [0.2, 0.25) is 0 Å². The lowest BCUT2D eigenvalue weighted by Gasteiger charge is -2.11. The third-order valence-electron chi connectivity index (χ3n) is 4.62. The molecule has 1 amide bonds. The Bertz CT molecular complexity index is 1210. The van der Waals surface area contributed by atoms with E-state index in [-0.39, 0.29) is 29.4 Å². The van der Waals surface area contributed by atoms with Crippen molar-refractivity contribution in [2.45, 2.75) is 18.0 Å². The Hall–Kier alpha value is -3.60. The van der Waals surface area contributed by atoms with E-state index >= 15 is 0 Å². The molecule has 1 aromatic heterocycles. The molecule has 0 aliphatic heterocycles. The molecule has 0 saturated carbocycles. The monoisotopic (exact) mass is 478 g/mol. The summed E-state index contributed by atoms with van der Waals surface area (Å²) in [5, 5.41) is 5.44. The first-order chi connectivity index (χ1) is 15.6. The molecule has 2 aromatic carbocycles. The number of hydrogen-bond donors (Lipinski definition) is 3. The van der Waals surface area contributed by atoms with Crippen LogP contribution in [0.25, 0.3) is 0 Å². The summed E-state index contributed by atoms with van der Waals surface area (Å²) in [5.74, 6) is -0.180. The number of nitrogens with zero attached hydrogens (tertiary/aromatic N) is 1. The van der Waals surface area contributed by atoms with Crippen LogP contribution in [0.4, 0.5) is 24.7 Å². The van der Waals surface area contributed by atoms with Gasteiger partial charge in [-0.2, -0.15) is 13.2 Å². The number of nitrogens with one attached hydrogen (secondary N) is 3. The van der Waals surface area contributed by atoms with Gasteiger partial charge in [-0.15, -0.1) is 0 Å². The molecule has 7 nitrogen and oxygen atoms in total. The van der Waals surface area contributed by atoms with Crippen molar-refractivity contribution in [3.8, 4) is 0 Å². The van der Waals surface area contributed by atoms with Crippen molar-refractivity contribution < 1.29 is 26.4 Å². The number of aromatic nitrogens is 1. The molecule has 33 heavy (non-hydrogen) atoms. The lowest BCUT2D eigenvalue weighted by Crippen LogP contribution is -2.29. The number of benzene rings is 2. The summed E-state index contributed by atoms with van der Waals surface area (Å²) in [6, 6.07) is 14.5. The number of anilines is 2. The van der Waals surface area contributed by atoms with Crippen molar-refractivity contribution >= 4 is 27.4 Å². The first-order valence-electron chi connectivity index (χ1n) is 9.80. The first-order valence-corrected chi connectivity index (χ1v) is 11.3. The minimum absolute atomic E-state index is 0.0114. The van der Waals surface area contributed by atoms with Crippen LogP contribution < -0.4 is 15.4 Å². The van der Waals surface area contributed by atoms with E-state index in [2.05, 4.69) is 20.3 Å². The molecule has 0 saturated heterocycles. The number of pyridine rings is 1. The van der Waals surface area contributed by atoms with Crippen molar-refractivity contribution in [1.29, 1.82) is 0 Å². The fourth-order valence-electron chi connectivity index (χ4n) is 2.81. The number of para-hydroxylation sites is 1. The van der Waals surface area contributed by atoms with Crippen molar-refractivity contribution in [2.24, 2.45) is 0 Å². The average Bonchev–Trinajstić information content (AvgIpc) is 2.78. The smallest absolute Gasteiger partial charge is 0.368 e. The zero-order valence-corrected chi connectivity index (χ0v) is 18.3. The largest absolute Gasteiger partial charge is 0.417 e. The average molecular weight is 478 g/mol. The predicted octanol–water partition coefficient (Wildman–Crippen LogP) is 4.05. The van der Waals surface area contributed by atoms with Gasteiger partial charge >= 0.3 is 6.18 Å². The maximum absolute atomic E-state index is 12.6. The number of carbonyl (C=O) groups excluding carboxylic acids is 1. The van der Waals surface area contributed by atoms with E-state index in [1.807, 2.05) is 0 Å². The van der Waals surface area contributed by atoms with Crippen molar-refractivity contribution in [1.82, 2.24) is 10.3 Å². The van der Waals surface area contributed by atoms with E-state index < -0.39 is 27.7 Å². The van der Waals surface area contributed by atoms with Crippen LogP contribution in [0.5, 0.6) is 0 Å². The molecule has 0 fully saturated rings. The molecular weight excluding hydrogens is 457 g/mol. The second-order valence-electron chi connectivity index (χ2n) is 7.06. The summed E-state index contributed by atoms with van der Waals surface area (Å²) in [6.07, 6.45) is -3.73. The molecule has 0 spiro atoms. The van der Waals surface area contributed by atoms with Gasteiger partial charge < -0.3 is 10.6 Å². The van der Waals surface area contributed by atoms with E-state index in [0.29, 0.717) is 5.69 Å². The Labute approximate surface area is 189 Å². The molecule has 11 heteroatoms. The predicted molar refractivity (Wildman–Crippen MR) is 118 cm³/mol. The van der Waals surface area contributed by atoms with Crippen molar-refractivity contribution in [3.05, 3.63) is 83.6 Å². The number of sulfonamides is 1. The van der Waals surface area contributed by atoms with Crippen LogP contribution in [0.3, 0.4) is 0 Å². The molecule has 0 aliphatic rings. The van der Waals surface area contributed by atoms with Gasteiger partial charge in [-0.3, -0.25) is 9.52 Å². The Morgan fingerprint density at radius 2 is 1.67 bits per heavy atom. The highest BCUT2D eigenvalue weighted by Crippen LogP contribution is 2.28. The maximum Gasteiger partial charge on any atom is 0.417 e. The number of alkyl halides is 3. The molecule has 3 N–H and O–H groups in total. The Morgan fingerprint density at radius 3 is 2.27 bits per heavy atom. The van der Waals surface area contributed by atoms with Gasteiger partial charge in [0.05, 0.1) is 16.1 Å². The summed E-state index contributed by atoms with van der Waals surface area (Å²) in [6.45, 7) is 2.20. The third-order valence-corrected chi connectivity index (χ3v) is 6.01. The van der Waals surface area contributed by atoms with Crippen LogP contribution in [-0.2, 0) is 16.2 Å². The Kier molecular flexibility index (Phi) is 7.22. The molecule has 0 bridgehead atoms. The van der Waals surface area contributed by atoms with Gasteiger partial charge in [0.2, 0.25) is 0 Å². The molecule has 0 aliphatic carbocycles. The van der Waals surface area contributed by atoms with Crippen LogP contribution in [0.1, 0.15) is 21.5 Å². The normalized spacial score (nSPS) is 11.6. The van der Waals surface area contributed by atoms with Gasteiger partial charge in [0.25, 0.3) is 15.9 Å². The third kappa shape index (κ3) is 6.45. The molecule has 1 heterocycles. The highest BCUT2D eigenvalue weighted by Gasteiger charge is 2.30. The van der Waals surface area contributed by atoms with Crippen molar-refractivity contribution in [2.75, 3.05) is 23.1 Å². The first kappa shape index (κ1) is 24.1. The second kappa shape index (κ2) is 9.90. The lowest BCUT2D eigenvalue weighted by atomic mass is 10.2. The fourth-order valence-corrected chi connectivity index (χ4v) is 3.94. The SMILES string of the molecule is Cc1ccccc1NS(=O)(=O)c1ccc(C(=O)NCCNc2ccc(C(F)(F)F)cn2)cc1. The number of hydrogen-bond acceptors (Lipinski definition) is 5. The number of rotatable bonds is 8. The highest BCUT2D eigenvalue weighted by atomic mass is 32.2. The second-order valence-corrected chi connectivity index (χ2v) is 8.74. The minimum Gasteiger partial charge on any atom is -0.368 e. The molecule has 0 radical (unpaired) electrons. The molecule has 0 unspecified atom stereocenters. The van der Waals surface area contributed by atoms with E-state index in [4.69, 9.17) is 0 Å². The highest BCUT2D eigenvalue weighted by molar-refractivity contribution is 7.92. The Balaban J connectivity index is 1.51. The number of carbonyl (C=O) groups is 1. The molecule has 3 rings (SSSR count). The van der Waals surface area contributed by atoms with Crippen molar-refractivity contribution in [3.63, 3.8) is 0 Å². The van der Waals surface area contributed by atoms with E-state index in [1.165, 1.54) is 30.3 Å². The van der Waals surface area contributed by atoms with E-state index in [9.17, 15) is 26.4 Å². The summed E-state index contributed by atoms with van der Waals surface area (Å²) in [4.78, 5) is 16.0. The minimum atomic E-state index is -4.45. The van der Waals surface area contributed by atoms with E-state index in [0.717, 1.165) is 17.8 Å². The van der Waals surface area contributed by atoms with Gasteiger partial charge in [0, 0.05) is 24.8 Å². The quantitative estimate of drug-likeness (QED) is 0.424. The van der Waals surface area contributed by atoms with Crippen LogP contribution in [0, 0.1) is 6.92 Å². The van der Waals surface area contributed by atoms with Crippen LogP contribution in [-0.4, -0.2) is 32.4 Å². The molecule has 0 atom stereocenters. The standard InChI is InChI=1S/C22H21F3N4O3S/c1-15-4-2-3-5-19(15)29-33(31,32)18-9-6-16(7-10-18)21(30)27-13-12-26-20-11-8-17(14-28-20)22(23,24)25/h2-11,14,29H,12-13H2,1H3,(H,26,28)(H,27,30). The molecule has 3 aromatic rings. The van der Waals surface area contributed by atoms with Gasteiger partial charge in [-0.05, 0) is 55.0 Å². The topological polar surface area (TPSA) is 100 Å². The van der Waals surface area contributed by atoms with Gasteiger partial charge in [0.15, 0.2) is 0 Å². The zero-order chi connectivity index (χ0) is 24.1. The van der Waals surface area contributed by atoms with E-state index in [1.54, 1.807) is 31.2 Å². The summed E-state index contributed by atoms with van der Waals surface area (Å²) >= 11 is 0. The number of amides is 1. The fraction of sp³-hybridized carbons (Fsp3) is 0.182. The lowest BCUT2D eigenvalue weighted by molar-refractivity contribution is -0.137. The van der Waals surface area contributed by atoms with Crippen LogP contribution in [0.15, 0.2) is 71.8 Å². The zero-order valence-electron chi connectivity index (χ0n) is 17.5. The number of aryl methyl sites for hydroxylation is 1. The number of halogens is 3. The summed E-state index contributed by atoms with van der Waals surface area (Å²) in [5.41, 5.74) is 0.657. The Morgan fingerprint density at radius 1 is 0.970 bits per heavy atom. The maximum atomic E-state index is 12.6. The summed E-state index contributed by atoms with van der Waals surface area (Å²) in [7, 11) is -3.81. The molecular formula is C22H21F3N4O3S. The van der Waals surface area contributed by atoms with Gasteiger partial charge in [-0.1, -0.05) is 18.2 Å².